The van der Waals surface area contributed by atoms with Crippen LogP contribution < -0.4 is 0 Å². The first kappa shape index (κ1) is 11.6. The van der Waals surface area contributed by atoms with Gasteiger partial charge in [0.25, 0.3) is 0 Å². The van der Waals surface area contributed by atoms with E-state index in [4.69, 9.17) is 11.6 Å². The van der Waals surface area contributed by atoms with Crippen LogP contribution in [-0.2, 0) is 0 Å². The Hall–Kier alpha value is -0.870. The van der Waals surface area contributed by atoms with Gasteiger partial charge in [-0.25, -0.2) is 0 Å². The average Bonchev–Trinajstić information content (AvgIpc) is 2.75. The highest BCUT2D eigenvalue weighted by atomic mass is 35.5. The van der Waals surface area contributed by atoms with Crippen LogP contribution in [0.2, 0.25) is 5.02 Å². The van der Waals surface area contributed by atoms with Gasteiger partial charge in [0, 0.05) is 0 Å². The van der Waals surface area contributed by atoms with Gasteiger partial charge in [-0.05, 0) is 17.0 Å². The second-order valence-corrected chi connectivity index (χ2v) is 4.79. The number of benzene rings is 1. The van der Waals surface area contributed by atoms with Crippen LogP contribution in [0.5, 0.6) is 0 Å². The molecule has 4 heteroatoms. The first-order valence-electron chi connectivity index (χ1n) is 4.84. The molecule has 2 unspecified atom stereocenters. The Bertz CT molecular complexity index is 455. The standard InChI is InChI=1S/C12H11ClO2S/c13-9-6-7-16-12(9)11(15)10(14)8-4-2-1-3-5-8/h1-7,10-11,14-15H. The lowest BCUT2D eigenvalue weighted by Gasteiger charge is -2.17. The molecule has 0 saturated heterocycles. The van der Waals surface area contributed by atoms with Crippen molar-refractivity contribution in [2.45, 2.75) is 12.2 Å². The monoisotopic (exact) mass is 254 g/mol. The van der Waals surface area contributed by atoms with E-state index in [2.05, 4.69) is 0 Å². The highest BCUT2D eigenvalue weighted by Crippen LogP contribution is 2.35. The topological polar surface area (TPSA) is 40.5 Å². The van der Waals surface area contributed by atoms with Crippen LogP contribution in [0.3, 0.4) is 0 Å². The summed E-state index contributed by atoms with van der Waals surface area (Å²) >= 11 is 7.24. The van der Waals surface area contributed by atoms with Crippen molar-refractivity contribution in [2.75, 3.05) is 0 Å². The number of aliphatic hydroxyl groups is 2. The van der Waals surface area contributed by atoms with Crippen LogP contribution in [0, 0.1) is 0 Å². The molecule has 0 bridgehead atoms. The highest BCUT2D eigenvalue weighted by molar-refractivity contribution is 7.10. The Morgan fingerprint density at radius 3 is 2.25 bits per heavy atom. The van der Waals surface area contributed by atoms with Gasteiger partial charge < -0.3 is 10.2 Å². The lowest BCUT2D eigenvalue weighted by Crippen LogP contribution is -2.09. The summed E-state index contributed by atoms with van der Waals surface area (Å²) in [6, 6.07) is 10.8. The Labute approximate surface area is 103 Å². The highest BCUT2D eigenvalue weighted by Gasteiger charge is 2.23. The maximum absolute atomic E-state index is 9.99. The Morgan fingerprint density at radius 2 is 1.69 bits per heavy atom. The van der Waals surface area contributed by atoms with E-state index in [-0.39, 0.29) is 0 Å². The predicted octanol–water partition coefficient (Wildman–Crippen LogP) is 3.17. The zero-order chi connectivity index (χ0) is 11.5. The van der Waals surface area contributed by atoms with Crippen molar-refractivity contribution >= 4 is 22.9 Å². The molecule has 2 aromatic rings. The van der Waals surface area contributed by atoms with Crippen molar-refractivity contribution in [2.24, 2.45) is 0 Å². The summed E-state index contributed by atoms with van der Waals surface area (Å²) in [5.74, 6) is 0. The molecule has 2 atom stereocenters. The van der Waals surface area contributed by atoms with E-state index in [1.807, 2.05) is 18.2 Å². The van der Waals surface area contributed by atoms with E-state index >= 15 is 0 Å². The molecule has 2 nitrogen and oxygen atoms in total. The number of halogens is 1. The summed E-state index contributed by atoms with van der Waals surface area (Å²) in [6.07, 6.45) is -1.92. The molecule has 1 aromatic heterocycles. The summed E-state index contributed by atoms with van der Waals surface area (Å²) in [5.41, 5.74) is 0.680. The van der Waals surface area contributed by atoms with E-state index in [9.17, 15) is 10.2 Å². The minimum absolute atomic E-state index is 0.493. The van der Waals surface area contributed by atoms with Crippen molar-refractivity contribution < 1.29 is 10.2 Å². The van der Waals surface area contributed by atoms with Crippen molar-refractivity contribution in [3.8, 4) is 0 Å². The van der Waals surface area contributed by atoms with Gasteiger partial charge in [0.1, 0.15) is 12.2 Å². The number of hydrogen-bond acceptors (Lipinski definition) is 3. The number of rotatable bonds is 3. The van der Waals surface area contributed by atoms with Crippen molar-refractivity contribution in [3.05, 3.63) is 57.2 Å². The third-order valence-corrected chi connectivity index (χ3v) is 3.78. The molecule has 2 N–H and O–H groups in total. The summed E-state index contributed by atoms with van der Waals surface area (Å²) < 4.78 is 0. The van der Waals surface area contributed by atoms with Crippen LogP contribution in [-0.4, -0.2) is 10.2 Å². The van der Waals surface area contributed by atoms with Gasteiger partial charge in [0.05, 0.1) is 9.90 Å². The fourth-order valence-electron chi connectivity index (χ4n) is 1.49. The largest absolute Gasteiger partial charge is 0.385 e. The van der Waals surface area contributed by atoms with Gasteiger partial charge >= 0.3 is 0 Å². The van der Waals surface area contributed by atoms with E-state index < -0.39 is 12.2 Å². The lowest BCUT2D eigenvalue weighted by molar-refractivity contribution is 0.0195. The molecule has 0 aliphatic carbocycles. The molecule has 1 heterocycles. The minimum atomic E-state index is -0.977. The summed E-state index contributed by atoms with van der Waals surface area (Å²) in [7, 11) is 0. The normalized spacial score (nSPS) is 14.7. The van der Waals surface area contributed by atoms with E-state index in [1.54, 1.807) is 23.6 Å². The minimum Gasteiger partial charge on any atom is -0.385 e. The molecular weight excluding hydrogens is 244 g/mol. The quantitative estimate of drug-likeness (QED) is 0.883. The maximum atomic E-state index is 9.99. The molecule has 2 rings (SSSR count). The summed E-state index contributed by atoms with van der Waals surface area (Å²) in [4.78, 5) is 0.595. The van der Waals surface area contributed by atoms with Gasteiger partial charge in [-0.2, -0.15) is 0 Å². The maximum Gasteiger partial charge on any atom is 0.120 e. The number of aliphatic hydroxyl groups excluding tert-OH is 2. The molecule has 0 aliphatic heterocycles. The predicted molar refractivity (Wildman–Crippen MR) is 65.7 cm³/mol. The molecule has 84 valence electrons. The zero-order valence-corrected chi connectivity index (χ0v) is 9.95. The molecule has 0 radical (unpaired) electrons. The van der Waals surface area contributed by atoms with Crippen LogP contribution in [0.4, 0.5) is 0 Å². The summed E-state index contributed by atoms with van der Waals surface area (Å²) in [6.45, 7) is 0. The second-order valence-electron chi connectivity index (χ2n) is 3.43. The second kappa shape index (κ2) is 4.97. The van der Waals surface area contributed by atoms with Crippen molar-refractivity contribution in [3.63, 3.8) is 0 Å². The third kappa shape index (κ3) is 2.28. The Morgan fingerprint density at radius 1 is 1.00 bits per heavy atom. The molecule has 16 heavy (non-hydrogen) atoms. The van der Waals surface area contributed by atoms with E-state index in [1.165, 1.54) is 11.3 Å². The summed E-state index contributed by atoms with van der Waals surface area (Å²) in [5, 5.41) is 22.3. The third-order valence-electron chi connectivity index (χ3n) is 2.35. The molecule has 0 aliphatic rings. The SMILES string of the molecule is OC(c1ccccc1)C(O)c1sccc1Cl. The first-order chi connectivity index (χ1) is 7.70. The van der Waals surface area contributed by atoms with Crippen LogP contribution in [0.1, 0.15) is 22.6 Å². The molecule has 0 amide bonds. The number of hydrogen-bond donors (Lipinski definition) is 2. The zero-order valence-electron chi connectivity index (χ0n) is 8.38. The van der Waals surface area contributed by atoms with Crippen molar-refractivity contribution in [1.82, 2.24) is 0 Å². The van der Waals surface area contributed by atoms with Crippen LogP contribution >= 0.6 is 22.9 Å². The molecule has 0 saturated carbocycles. The van der Waals surface area contributed by atoms with Crippen molar-refractivity contribution in [1.29, 1.82) is 0 Å². The smallest absolute Gasteiger partial charge is 0.120 e. The van der Waals surface area contributed by atoms with Gasteiger partial charge in [0.15, 0.2) is 0 Å². The van der Waals surface area contributed by atoms with E-state index in [0.29, 0.717) is 15.5 Å². The fourth-order valence-corrected chi connectivity index (χ4v) is 2.68. The molecule has 0 spiro atoms. The fraction of sp³-hybridized carbons (Fsp3) is 0.167. The molecule has 1 aromatic carbocycles. The lowest BCUT2D eigenvalue weighted by atomic mass is 10.0. The van der Waals surface area contributed by atoms with Gasteiger partial charge in [-0.3, -0.25) is 0 Å². The van der Waals surface area contributed by atoms with E-state index in [0.717, 1.165) is 0 Å². The number of thiophene rings is 1. The Balaban J connectivity index is 2.23. The van der Waals surface area contributed by atoms with Gasteiger partial charge in [0.2, 0.25) is 0 Å². The molecule has 0 fully saturated rings. The Kier molecular flexibility index (Phi) is 3.61. The van der Waals surface area contributed by atoms with Gasteiger partial charge in [-0.15, -0.1) is 11.3 Å². The van der Waals surface area contributed by atoms with Gasteiger partial charge in [-0.1, -0.05) is 41.9 Å². The average molecular weight is 255 g/mol. The van der Waals surface area contributed by atoms with Crippen LogP contribution in [0.15, 0.2) is 41.8 Å². The molecular formula is C12H11ClO2S. The first-order valence-corrected chi connectivity index (χ1v) is 6.10. The van der Waals surface area contributed by atoms with Crippen LogP contribution in [0.25, 0.3) is 0 Å².